The van der Waals surface area contributed by atoms with Crippen molar-refractivity contribution in [2.45, 2.75) is 0 Å². The number of carbonyl (C=O) groups excluding carboxylic acids is 1. The quantitative estimate of drug-likeness (QED) is 0.695. The van der Waals surface area contributed by atoms with Crippen molar-refractivity contribution in [3.05, 3.63) is 48.5 Å². The molecule has 0 radical (unpaired) electrons. The molecule has 2 aromatic heterocycles. The average Bonchev–Trinajstić information content (AvgIpc) is 2.82. The molecule has 0 bridgehead atoms. The summed E-state index contributed by atoms with van der Waals surface area (Å²) >= 11 is 0. The summed E-state index contributed by atoms with van der Waals surface area (Å²) in [4.78, 5) is 15.3. The lowest BCUT2D eigenvalue weighted by Crippen LogP contribution is -2.03. The van der Waals surface area contributed by atoms with Crippen molar-refractivity contribution in [2.24, 2.45) is 0 Å². The summed E-state index contributed by atoms with van der Waals surface area (Å²) in [5.41, 5.74) is 1.28. The zero-order valence-corrected chi connectivity index (χ0v) is 8.25. The molecule has 0 aromatic carbocycles. The summed E-state index contributed by atoms with van der Waals surface area (Å²) in [7, 11) is 1.35. The highest BCUT2D eigenvalue weighted by molar-refractivity contribution is 5.89. The van der Waals surface area contributed by atoms with Crippen molar-refractivity contribution in [2.75, 3.05) is 7.11 Å². The highest BCUT2D eigenvalue weighted by Gasteiger charge is 2.06. The van der Waals surface area contributed by atoms with Crippen LogP contribution in [-0.2, 0) is 4.74 Å². The molecule has 2 rings (SSSR count). The van der Waals surface area contributed by atoms with E-state index in [1.54, 1.807) is 12.3 Å². The van der Waals surface area contributed by atoms with Crippen LogP contribution in [0.4, 0.5) is 0 Å². The van der Waals surface area contributed by atoms with E-state index >= 15 is 0 Å². The van der Waals surface area contributed by atoms with E-state index in [1.807, 2.05) is 29.1 Å². The van der Waals surface area contributed by atoms with Gasteiger partial charge in [-0.25, -0.2) is 4.79 Å². The predicted molar refractivity (Wildman–Crippen MR) is 54.9 cm³/mol. The number of rotatable bonds is 2. The van der Waals surface area contributed by atoms with E-state index in [9.17, 15) is 4.79 Å². The SMILES string of the molecule is COC(=O)c1cncc(-n2cccc2)c1. The van der Waals surface area contributed by atoms with E-state index in [1.165, 1.54) is 13.3 Å². The first-order chi connectivity index (χ1) is 7.31. The minimum Gasteiger partial charge on any atom is -0.465 e. The summed E-state index contributed by atoms with van der Waals surface area (Å²) < 4.78 is 6.49. The monoisotopic (exact) mass is 202 g/mol. The van der Waals surface area contributed by atoms with Gasteiger partial charge >= 0.3 is 5.97 Å². The van der Waals surface area contributed by atoms with Gasteiger partial charge in [0.1, 0.15) is 0 Å². The summed E-state index contributed by atoms with van der Waals surface area (Å²) in [6.45, 7) is 0. The molecular formula is C11H10N2O2. The average molecular weight is 202 g/mol. The maximum atomic E-state index is 11.3. The molecule has 0 N–H and O–H groups in total. The Labute approximate surface area is 87.1 Å². The molecule has 4 heteroatoms. The van der Waals surface area contributed by atoms with E-state index in [2.05, 4.69) is 9.72 Å². The number of hydrogen-bond donors (Lipinski definition) is 0. The Kier molecular flexibility index (Phi) is 2.49. The second kappa shape index (κ2) is 3.96. The van der Waals surface area contributed by atoms with Gasteiger partial charge in [0.25, 0.3) is 0 Å². The number of methoxy groups -OCH3 is 1. The van der Waals surface area contributed by atoms with Crippen LogP contribution in [0.2, 0.25) is 0 Å². The van der Waals surface area contributed by atoms with Crippen LogP contribution in [0.3, 0.4) is 0 Å². The third-order valence-corrected chi connectivity index (χ3v) is 2.05. The summed E-state index contributed by atoms with van der Waals surface area (Å²) in [6.07, 6.45) is 6.95. The van der Waals surface area contributed by atoms with Crippen LogP contribution in [-0.4, -0.2) is 22.6 Å². The molecule has 0 unspecified atom stereocenters. The van der Waals surface area contributed by atoms with E-state index < -0.39 is 0 Å². The van der Waals surface area contributed by atoms with E-state index in [0.29, 0.717) is 5.56 Å². The topological polar surface area (TPSA) is 44.1 Å². The van der Waals surface area contributed by atoms with Crippen molar-refractivity contribution >= 4 is 5.97 Å². The van der Waals surface area contributed by atoms with Crippen molar-refractivity contribution in [1.29, 1.82) is 0 Å². The molecule has 0 spiro atoms. The molecule has 15 heavy (non-hydrogen) atoms. The first-order valence-corrected chi connectivity index (χ1v) is 4.48. The molecule has 2 aromatic rings. The number of carbonyl (C=O) groups is 1. The molecule has 0 saturated carbocycles. The number of nitrogens with zero attached hydrogens (tertiary/aromatic N) is 2. The molecule has 0 aliphatic rings. The molecule has 4 nitrogen and oxygen atoms in total. The van der Waals surface area contributed by atoms with Crippen LogP contribution in [0.15, 0.2) is 43.0 Å². The van der Waals surface area contributed by atoms with Gasteiger partial charge in [-0.2, -0.15) is 0 Å². The molecule has 0 aliphatic heterocycles. The Hall–Kier alpha value is -2.10. The zero-order valence-electron chi connectivity index (χ0n) is 8.25. The summed E-state index contributed by atoms with van der Waals surface area (Å²) in [6, 6.07) is 5.55. The maximum Gasteiger partial charge on any atom is 0.339 e. The molecular weight excluding hydrogens is 192 g/mol. The highest BCUT2D eigenvalue weighted by Crippen LogP contribution is 2.09. The first-order valence-electron chi connectivity index (χ1n) is 4.48. The smallest absolute Gasteiger partial charge is 0.339 e. The van der Waals surface area contributed by atoms with Crippen molar-refractivity contribution in [3.63, 3.8) is 0 Å². The van der Waals surface area contributed by atoms with Gasteiger partial charge < -0.3 is 9.30 Å². The fourth-order valence-electron chi connectivity index (χ4n) is 1.31. The molecule has 0 atom stereocenters. The predicted octanol–water partition coefficient (Wildman–Crippen LogP) is 1.66. The second-order valence-electron chi connectivity index (χ2n) is 3.01. The zero-order chi connectivity index (χ0) is 10.7. The van der Waals surface area contributed by atoms with Crippen LogP contribution in [0.1, 0.15) is 10.4 Å². The third kappa shape index (κ3) is 1.88. The highest BCUT2D eigenvalue weighted by atomic mass is 16.5. The number of aromatic nitrogens is 2. The number of hydrogen-bond acceptors (Lipinski definition) is 3. The summed E-state index contributed by atoms with van der Waals surface area (Å²) in [5.74, 6) is -0.378. The van der Waals surface area contributed by atoms with Gasteiger partial charge in [0, 0.05) is 18.6 Å². The molecule has 0 saturated heterocycles. The molecule has 0 amide bonds. The molecule has 0 fully saturated rings. The van der Waals surface area contributed by atoms with Gasteiger partial charge in [-0.05, 0) is 18.2 Å². The van der Waals surface area contributed by atoms with Crippen molar-refractivity contribution in [3.8, 4) is 5.69 Å². The van der Waals surface area contributed by atoms with Gasteiger partial charge in [-0.15, -0.1) is 0 Å². The normalized spacial score (nSPS) is 9.93. The molecule has 0 aliphatic carbocycles. The second-order valence-corrected chi connectivity index (χ2v) is 3.01. The van der Waals surface area contributed by atoms with Crippen LogP contribution >= 0.6 is 0 Å². The standard InChI is InChI=1S/C11H10N2O2/c1-15-11(14)9-6-10(8-12-7-9)13-4-2-3-5-13/h2-8H,1H3. The largest absolute Gasteiger partial charge is 0.465 e. The lowest BCUT2D eigenvalue weighted by Gasteiger charge is -2.03. The number of pyridine rings is 1. The van der Waals surface area contributed by atoms with Crippen LogP contribution in [0.25, 0.3) is 5.69 Å². The van der Waals surface area contributed by atoms with E-state index in [4.69, 9.17) is 0 Å². The lowest BCUT2D eigenvalue weighted by atomic mass is 10.2. The number of esters is 1. The lowest BCUT2D eigenvalue weighted by molar-refractivity contribution is 0.0600. The van der Waals surface area contributed by atoms with E-state index in [-0.39, 0.29) is 5.97 Å². The first kappa shape index (κ1) is 9.45. The van der Waals surface area contributed by atoms with E-state index in [0.717, 1.165) is 5.69 Å². The fourth-order valence-corrected chi connectivity index (χ4v) is 1.31. The minimum atomic E-state index is -0.378. The van der Waals surface area contributed by atoms with Gasteiger partial charge in [0.05, 0.1) is 24.6 Å². The van der Waals surface area contributed by atoms with Gasteiger partial charge in [-0.1, -0.05) is 0 Å². The van der Waals surface area contributed by atoms with Crippen molar-refractivity contribution < 1.29 is 9.53 Å². The Morgan fingerprint density at radius 2 is 2.07 bits per heavy atom. The van der Waals surface area contributed by atoms with Crippen LogP contribution in [0.5, 0.6) is 0 Å². The van der Waals surface area contributed by atoms with Gasteiger partial charge in [0.15, 0.2) is 0 Å². The van der Waals surface area contributed by atoms with Gasteiger partial charge in [0.2, 0.25) is 0 Å². The minimum absolute atomic E-state index is 0.378. The summed E-state index contributed by atoms with van der Waals surface area (Å²) in [5, 5.41) is 0. The van der Waals surface area contributed by atoms with Crippen molar-refractivity contribution in [1.82, 2.24) is 9.55 Å². The Balaban J connectivity index is 2.39. The third-order valence-electron chi connectivity index (χ3n) is 2.05. The fraction of sp³-hybridized carbons (Fsp3) is 0.0909. The Bertz CT molecular complexity index is 463. The maximum absolute atomic E-state index is 11.3. The van der Waals surface area contributed by atoms with Crippen LogP contribution < -0.4 is 0 Å². The Morgan fingerprint density at radius 3 is 2.73 bits per heavy atom. The Morgan fingerprint density at radius 1 is 1.33 bits per heavy atom. The molecule has 2 heterocycles. The van der Waals surface area contributed by atoms with Gasteiger partial charge in [-0.3, -0.25) is 4.98 Å². The van der Waals surface area contributed by atoms with Crippen LogP contribution in [0, 0.1) is 0 Å². The number of ether oxygens (including phenoxy) is 1. The molecule has 76 valence electrons.